The smallest absolute Gasteiger partial charge is 0.149 e. The molecular formula is C11H12ClFO. The van der Waals surface area contributed by atoms with Crippen LogP contribution in [-0.2, 0) is 12.8 Å². The molecule has 0 unspecified atom stereocenters. The average molecular weight is 215 g/mol. The molecule has 0 spiro atoms. The van der Waals surface area contributed by atoms with Crippen LogP contribution >= 0.6 is 11.6 Å². The molecule has 1 nitrogen and oxygen atoms in total. The molecule has 1 aliphatic rings. The fraction of sp³-hybridized carbons (Fsp3) is 0.455. The summed E-state index contributed by atoms with van der Waals surface area (Å²) in [6, 6.07) is 1.86. The molecule has 2 rings (SSSR count). The summed E-state index contributed by atoms with van der Waals surface area (Å²) in [5, 5.41) is 0.119. The van der Waals surface area contributed by atoms with Crippen molar-refractivity contribution in [1.82, 2.24) is 0 Å². The van der Waals surface area contributed by atoms with Crippen LogP contribution in [0.15, 0.2) is 6.07 Å². The first-order valence-electron chi connectivity index (χ1n) is 4.77. The Bertz CT molecular complexity index is 363. The summed E-state index contributed by atoms with van der Waals surface area (Å²) >= 11 is 5.83. The standard InChI is InChI=1S/C11H12ClFO/c1-14-9-6-7-4-2-3-5-8(7)11(13)10(9)12/h6H,2-5H2,1H3. The van der Waals surface area contributed by atoms with Crippen molar-refractivity contribution >= 4 is 11.6 Å². The first-order valence-corrected chi connectivity index (χ1v) is 5.15. The Hall–Kier alpha value is -0.760. The Morgan fingerprint density at radius 3 is 2.79 bits per heavy atom. The second kappa shape index (κ2) is 3.77. The highest BCUT2D eigenvalue weighted by Gasteiger charge is 2.19. The second-order valence-electron chi connectivity index (χ2n) is 3.55. The van der Waals surface area contributed by atoms with E-state index in [4.69, 9.17) is 16.3 Å². The highest BCUT2D eigenvalue weighted by Crippen LogP contribution is 2.35. The van der Waals surface area contributed by atoms with Crippen molar-refractivity contribution in [2.45, 2.75) is 25.7 Å². The Balaban J connectivity index is 2.57. The Morgan fingerprint density at radius 2 is 2.07 bits per heavy atom. The van der Waals surface area contributed by atoms with Gasteiger partial charge < -0.3 is 4.74 Å². The monoisotopic (exact) mass is 214 g/mol. The number of hydrogen-bond donors (Lipinski definition) is 0. The second-order valence-corrected chi connectivity index (χ2v) is 3.93. The third kappa shape index (κ3) is 1.48. The first-order chi connectivity index (χ1) is 6.74. The first kappa shape index (κ1) is 9.78. The van der Waals surface area contributed by atoms with Crippen molar-refractivity contribution < 1.29 is 9.13 Å². The quantitative estimate of drug-likeness (QED) is 0.697. The molecule has 0 fully saturated rings. The zero-order chi connectivity index (χ0) is 10.1. The molecule has 0 radical (unpaired) electrons. The maximum Gasteiger partial charge on any atom is 0.149 e. The minimum atomic E-state index is -0.291. The molecule has 0 atom stereocenters. The van der Waals surface area contributed by atoms with Crippen molar-refractivity contribution in [2.24, 2.45) is 0 Å². The largest absolute Gasteiger partial charge is 0.495 e. The summed E-state index contributed by atoms with van der Waals surface area (Å²) in [6.07, 6.45) is 3.90. The number of halogens is 2. The number of fused-ring (bicyclic) bond motifs is 1. The highest BCUT2D eigenvalue weighted by molar-refractivity contribution is 6.32. The van der Waals surface area contributed by atoms with Gasteiger partial charge in [0.25, 0.3) is 0 Å². The summed E-state index contributed by atoms with van der Waals surface area (Å²) < 4.78 is 18.7. The van der Waals surface area contributed by atoms with Gasteiger partial charge in [0, 0.05) is 0 Å². The van der Waals surface area contributed by atoms with Crippen LogP contribution in [0.25, 0.3) is 0 Å². The summed E-state index contributed by atoms with van der Waals surface area (Å²) in [5.74, 6) is 0.158. The minimum absolute atomic E-state index is 0.119. The lowest BCUT2D eigenvalue weighted by atomic mass is 9.91. The number of rotatable bonds is 1. The predicted octanol–water partition coefficient (Wildman–Crippen LogP) is 3.37. The van der Waals surface area contributed by atoms with E-state index in [1.807, 2.05) is 6.07 Å². The zero-order valence-corrected chi connectivity index (χ0v) is 8.83. The van der Waals surface area contributed by atoms with Gasteiger partial charge >= 0.3 is 0 Å². The van der Waals surface area contributed by atoms with Crippen LogP contribution in [0, 0.1) is 5.82 Å². The van der Waals surface area contributed by atoms with Gasteiger partial charge in [0.2, 0.25) is 0 Å². The van der Waals surface area contributed by atoms with E-state index in [-0.39, 0.29) is 10.8 Å². The van der Waals surface area contributed by atoms with Crippen LogP contribution < -0.4 is 4.74 Å². The molecule has 0 heterocycles. The average Bonchev–Trinajstić information content (AvgIpc) is 2.23. The summed E-state index contributed by atoms with van der Waals surface area (Å²) in [4.78, 5) is 0. The van der Waals surface area contributed by atoms with E-state index in [0.717, 1.165) is 36.8 Å². The van der Waals surface area contributed by atoms with Gasteiger partial charge in [-0.1, -0.05) is 11.6 Å². The summed E-state index contributed by atoms with van der Waals surface area (Å²) in [6.45, 7) is 0. The van der Waals surface area contributed by atoms with Crippen LogP contribution in [0.1, 0.15) is 24.0 Å². The molecule has 0 N–H and O–H groups in total. The van der Waals surface area contributed by atoms with E-state index in [1.54, 1.807) is 0 Å². The molecule has 0 aliphatic heterocycles. The molecule has 76 valence electrons. The van der Waals surface area contributed by atoms with Crippen LogP contribution in [0.2, 0.25) is 5.02 Å². The summed E-state index contributed by atoms with van der Waals surface area (Å²) in [5.41, 5.74) is 1.83. The minimum Gasteiger partial charge on any atom is -0.495 e. The molecule has 0 aromatic heterocycles. The van der Waals surface area contributed by atoms with Crippen molar-refractivity contribution in [3.8, 4) is 5.75 Å². The van der Waals surface area contributed by atoms with Crippen molar-refractivity contribution in [3.05, 3.63) is 28.0 Å². The normalized spacial score (nSPS) is 15.1. The predicted molar refractivity (Wildman–Crippen MR) is 54.6 cm³/mol. The lowest BCUT2D eigenvalue weighted by Gasteiger charge is -2.18. The molecule has 0 amide bonds. The lowest BCUT2D eigenvalue weighted by Crippen LogP contribution is -2.06. The Kier molecular flexibility index (Phi) is 2.64. The van der Waals surface area contributed by atoms with E-state index < -0.39 is 0 Å². The molecule has 14 heavy (non-hydrogen) atoms. The zero-order valence-electron chi connectivity index (χ0n) is 8.07. The third-order valence-electron chi connectivity index (χ3n) is 2.71. The molecular weight excluding hydrogens is 203 g/mol. The number of benzene rings is 1. The Morgan fingerprint density at radius 1 is 1.36 bits per heavy atom. The van der Waals surface area contributed by atoms with Gasteiger partial charge in [-0.05, 0) is 42.9 Å². The van der Waals surface area contributed by atoms with E-state index in [0.29, 0.717) is 5.75 Å². The molecule has 0 saturated heterocycles. The maximum atomic E-state index is 13.7. The fourth-order valence-electron chi connectivity index (χ4n) is 1.95. The van der Waals surface area contributed by atoms with E-state index >= 15 is 0 Å². The van der Waals surface area contributed by atoms with Crippen molar-refractivity contribution in [1.29, 1.82) is 0 Å². The maximum absolute atomic E-state index is 13.7. The van der Waals surface area contributed by atoms with Crippen LogP contribution in [0.4, 0.5) is 4.39 Å². The van der Waals surface area contributed by atoms with Crippen LogP contribution in [-0.4, -0.2) is 7.11 Å². The number of aryl methyl sites for hydroxylation is 1. The van der Waals surface area contributed by atoms with Crippen LogP contribution in [0.3, 0.4) is 0 Å². The van der Waals surface area contributed by atoms with Gasteiger partial charge in [0.1, 0.15) is 16.6 Å². The third-order valence-corrected chi connectivity index (χ3v) is 3.06. The van der Waals surface area contributed by atoms with Gasteiger partial charge in [0.15, 0.2) is 0 Å². The highest BCUT2D eigenvalue weighted by atomic mass is 35.5. The van der Waals surface area contributed by atoms with E-state index in [2.05, 4.69) is 0 Å². The van der Waals surface area contributed by atoms with Gasteiger partial charge in [0.05, 0.1) is 7.11 Å². The van der Waals surface area contributed by atoms with Crippen LogP contribution in [0.5, 0.6) is 5.75 Å². The van der Waals surface area contributed by atoms with E-state index in [1.165, 1.54) is 7.11 Å². The number of hydrogen-bond acceptors (Lipinski definition) is 1. The summed E-state index contributed by atoms with van der Waals surface area (Å²) in [7, 11) is 1.51. The molecule has 0 bridgehead atoms. The SMILES string of the molecule is COc1cc2c(c(F)c1Cl)CCCC2. The molecule has 1 aliphatic carbocycles. The topological polar surface area (TPSA) is 9.23 Å². The van der Waals surface area contributed by atoms with Gasteiger partial charge in [-0.15, -0.1) is 0 Å². The molecule has 3 heteroatoms. The number of ether oxygens (including phenoxy) is 1. The molecule has 1 aromatic carbocycles. The van der Waals surface area contributed by atoms with Gasteiger partial charge in [-0.2, -0.15) is 0 Å². The van der Waals surface area contributed by atoms with Gasteiger partial charge in [-0.25, -0.2) is 4.39 Å². The fourth-order valence-corrected chi connectivity index (χ4v) is 2.20. The van der Waals surface area contributed by atoms with Crippen molar-refractivity contribution in [2.75, 3.05) is 7.11 Å². The Labute approximate surface area is 87.8 Å². The lowest BCUT2D eigenvalue weighted by molar-refractivity contribution is 0.409. The molecule has 0 saturated carbocycles. The van der Waals surface area contributed by atoms with E-state index in [9.17, 15) is 4.39 Å². The molecule has 1 aromatic rings. The van der Waals surface area contributed by atoms with Crippen molar-refractivity contribution in [3.63, 3.8) is 0 Å². The van der Waals surface area contributed by atoms with Gasteiger partial charge in [-0.3, -0.25) is 0 Å². The number of methoxy groups -OCH3 is 1.